The van der Waals surface area contributed by atoms with Gasteiger partial charge in [-0.1, -0.05) is 18.2 Å². The number of nitrogens with zero attached hydrogens (tertiary/aromatic N) is 5. The van der Waals surface area contributed by atoms with Crippen LogP contribution in [0.5, 0.6) is 0 Å². The van der Waals surface area contributed by atoms with Crippen molar-refractivity contribution in [2.45, 2.75) is 26.8 Å². The van der Waals surface area contributed by atoms with Gasteiger partial charge in [-0.3, -0.25) is 0 Å². The highest BCUT2D eigenvalue weighted by molar-refractivity contribution is 5.94. The van der Waals surface area contributed by atoms with E-state index in [2.05, 4.69) is 16.8 Å². The number of hydrogen-bond acceptors (Lipinski definition) is 5. The van der Waals surface area contributed by atoms with E-state index in [1.807, 2.05) is 61.0 Å². The maximum atomic E-state index is 14.6. The summed E-state index contributed by atoms with van der Waals surface area (Å²) >= 11 is 0. The lowest BCUT2D eigenvalue weighted by Gasteiger charge is -2.34. The smallest absolute Gasteiger partial charge is 0.162 e. The van der Waals surface area contributed by atoms with Gasteiger partial charge in [0, 0.05) is 40.8 Å². The van der Waals surface area contributed by atoms with E-state index in [9.17, 15) is 4.39 Å². The zero-order valence-corrected chi connectivity index (χ0v) is 20.5. The number of morpholine rings is 1. The Morgan fingerprint density at radius 1 is 1.06 bits per heavy atom. The van der Waals surface area contributed by atoms with Crippen LogP contribution in [0.1, 0.15) is 18.3 Å². The van der Waals surface area contributed by atoms with Crippen LogP contribution < -0.4 is 4.90 Å². The molecule has 1 saturated heterocycles. The van der Waals surface area contributed by atoms with Crippen LogP contribution in [-0.2, 0) is 4.74 Å². The van der Waals surface area contributed by atoms with Crippen molar-refractivity contribution in [2.24, 2.45) is 0 Å². The molecule has 0 saturated carbocycles. The van der Waals surface area contributed by atoms with Crippen molar-refractivity contribution in [1.29, 1.82) is 0 Å². The zero-order chi connectivity index (χ0) is 24.8. The minimum Gasteiger partial charge on any atom is -0.377 e. The Morgan fingerprint density at radius 3 is 2.69 bits per heavy atom. The second-order valence-corrected chi connectivity index (χ2v) is 9.24. The molecule has 8 heteroatoms. The Bertz CT molecular complexity index is 1560. The van der Waals surface area contributed by atoms with Crippen molar-refractivity contribution >= 4 is 16.7 Å². The number of aryl methyl sites for hydroxylation is 1. The molecule has 182 valence electrons. The van der Waals surface area contributed by atoms with Gasteiger partial charge in [0.15, 0.2) is 5.82 Å². The first-order valence-corrected chi connectivity index (χ1v) is 12.1. The SMILES string of the molecule is Cc1nn(-c2ccccc2)c(C)c1-c1cc(N2CCOC[C@H]2C)nc(-c2cc(F)cc3[nH]ccc23)n1. The lowest BCUT2D eigenvalue weighted by molar-refractivity contribution is 0.0985. The standard InChI is InChI=1S/C28H27FN6O/c1-17-16-36-12-11-34(17)26-15-25(27-18(2)33-35(19(27)3)21-7-5-4-6-8-21)31-28(32-26)23-13-20(29)14-24-22(23)9-10-30-24/h4-10,13-15,17,30H,11-12,16H2,1-3H3/t17-/m1/s1. The fraction of sp³-hybridized carbons (Fsp3) is 0.250. The largest absolute Gasteiger partial charge is 0.377 e. The van der Waals surface area contributed by atoms with Crippen molar-refractivity contribution in [3.05, 3.63) is 78.0 Å². The van der Waals surface area contributed by atoms with Gasteiger partial charge in [0.1, 0.15) is 11.6 Å². The Morgan fingerprint density at radius 2 is 1.89 bits per heavy atom. The second-order valence-electron chi connectivity index (χ2n) is 9.24. The molecule has 5 aromatic rings. The highest BCUT2D eigenvalue weighted by Crippen LogP contribution is 2.34. The number of fused-ring (bicyclic) bond motifs is 1. The van der Waals surface area contributed by atoms with E-state index in [4.69, 9.17) is 19.8 Å². The molecule has 7 nitrogen and oxygen atoms in total. The lowest BCUT2D eigenvalue weighted by Crippen LogP contribution is -2.44. The fourth-order valence-corrected chi connectivity index (χ4v) is 5.05. The molecular weight excluding hydrogens is 455 g/mol. The maximum Gasteiger partial charge on any atom is 0.162 e. The van der Waals surface area contributed by atoms with Crippen molar-refractivity contribution in [3.8, 4) is 28.3 Å². The predicted octanol–water partition coefficient (Wildman–Crippen LogP) is 5.46. The third-order valence-corrected chi connectivity index (χ3v) is 6.80. The summed E-state index contributed by atoms with van der Waals surface area (Å²) in [6, 6.07) is 17.2. The van der Waals surface area contributed by atoms with Crippen molar-refractivity contribution in [2.75, 3.05) is 24.7 Å². The molecule has 1 atom stereocenters. The summed E-state index contributed by atoms with van der Waals surface area (Å²) in [7, 11) is 0. The molecule has 4 heterocycles. The summed E-state index contributed by atoms with van der Waals surface area (Å²) in [5.74, 6) is 0.945. The Hall–Kier alpha value is -4.04. The van der Waals surface area contributed by atoms with Gasteiger partial charge in [0.25, 0.3) is 0 Å². The average Bonchev–Trinajstić information content (AvgIpc) is 3.47. The summed E-state index contributed by atoms with van der Waals surface area (Å²) in [5, 5.41) is 5.71. The molecule has 1 fully saturated rings. The van der Waals surface area contributed by atoms with Gasteiger partial charge in [-0.2, -0.15) is 5.10 Å². The number of H-pyrrole nitrogens is 1. The van der Waals surface area contributed by atoms with Crippen LogP contribution in [0.3, 0.4) is 0 Å². The molecule has 1 N–H and O–H groups in total. The van der Waals surface area contributed by atoms with Crippen LogP contribution in [0.25, 0.3) is 39.2 Å². The highest BCUT2D eigenvalue weighted by Gasteiger charge is 2.25. The number of hydrogen-bond donors (Lipinski definition) is 1. The topological polar surface area (TPSA) is 71.9 Å². The molecule has 1 aliphatic heterocycles. The van der Waals surface area contributed by atoms with E-state index in [-0.39, 0.29) is 11.9 Å². The van der Waals surface area contributed by atoms with Crippen LogP contribution in [0, 0.1) is 19.7 Å². The van der Waals surface area contributed by atoms with Crippen molar-refractivity contribution < 1.29 is 9.13 Å². The minimum absolute atomic E-state index is 0.156. The first-order valence-electron chi connectivity index (χ1n) is 12.1. The van der Waals surface area contributed by atoms with Gasteiger partial charge in [-0.05, 0) is 51.1 Å². The third kappa shape index (κ3) is 3.83. The number of anilines is 1. The van der Waals surface area contributed by atoms with Gasteiger partial charge >= 0.3 is 0 Å². The summed E-state index contributed by atoms with van der Waals surface area (Å²) in [5.41, 5.74) is 5.92. The molecule has 6 rings (SSSR count). The predicted molar refractivity (Wildman–Crippen MR) is 139 cm³/mol. The van der Waals surface area contributed by atoms with Gasteiger partial charge in [0.05, 0.1) is 42.0 Å². The summed E-state index contributed by atoms with van der Waals surface area (Å²) in [6.07, 6.45) is 1.81. The first-order chi connectivity index (χ1) is 17.5. The zero-order valence-electron chi connectivity index (χ0n) is 20.5. The fourth-order valence-electron chi connectivity index (χ4n) is 5.05. The van der Waals surface area contributed by atoms with Gasteiger partial charge in [-0.25, -0.2) is 19.0 Å². The van der Waals surface area contributed by atoms with Crippen LogP contribution in [0.2, 0.25) is 0 Å². The number of rotatable bonds is 4. The Kier molecular flexibility index (Phi) is 5.53. The molecular formula is C28H27FN6O. The molecule has 0 aliphatic carbocycles. The van der Waals surface area contributed by atoms with E-state index in [0.717, 1.165) is 46.1 Å². The van der Waals surface area contributed by atoms with E-state index >= 15 is 0 Å². The number of aromatic amines is 1. The molecule has 0 spiro atoms. The first kappa shape index (κ1) is 22.4. The van der Waals surface area contributed by atoms with E-state index in [1.54, 1.807) is 6.20 Å². The molecule has 36 heavy (non-hydrogen) atoms. The molecule has 1 aliphatic rings. The summed E-state index contributed by atoms with van der Waals surface area (Å²) in [4.78, 5) is 15.3. The number of para-hydroxylation sites is 1. The van der Waals surface area contributed by atoms with Crippen LogP contribution >= 0.6 is 0 Å². The molecule has 0 amide bonds. The van der Waals surface area contributed by atoms with Crippen LogP contribution in [0.15, 0.2) is 60.8 Å². The lowest BCUT2D eigenvalue weighted by atomic mass is 10.1. The van der Waals surface area contributed by atoms with Gasteiger partial charge in [-0.15, -0.1) is 0 Å². The molecule has 0 bridgehead atoms. The Labute approximate surface area is 208 Å². The molecule has 3 aromatic heterocycles. The molecule has 2 aromatic carbocycles. The van der Waals surface area contributed by atoms with Crippen molar-refractivity contribution in [3.63, 3.8) is 0 Å². The normalized spacial score (nSPS) is 16.1. The highest BCUT2D eigenvalue weighted by atomic mass is 19.1. The van der Waals surface area contributed by atoms with E-state index < -0.39 is 0 Å². The quantitative estimate of drug-likeness (QED) is 0.368. The summed E-state index contributed by atoms with van der Waals surface area (Å²) < 4.78 is 22.2. The van der Waals surface area contributed by atoms with E-state index in [0.29, 0.717) is 30.1 Å². The van der Waals surface area contributed by atoms with Crippen LogP contribution in [-0.4, -0.2) is 50.5 Å². The van der Waals surface area contributed by atoms with Gasteiger partial charge < -0.3 is 14.6 Å². The van der Waals surface area contributed by atoms with Crippen LogP contribution in [0.4, 0.5) is 10.2 Å². The second kappa shape index (κ2) is 8.87. The van der Waals surface area contributed by atoms with E-state index in [1.165, 1.54) is 12.1 Å². The number of ether oxygens (including phenoxy) is 1. The Balaban J connectivity index is 1.57. The average molecular weight is 483 g/mol. The third-order valence-electron chi connectivity index (χ3n) is 6.80. The monoisotopic (exact) mass is 482 g/mol. The number of aromatic nitrogens is 5. The maximum absolute atomic E-state index is 14.6. The number of halogens is 1. The summed E-state index contributed by atoms with van der Waals surface area (Å²) in [6.45, 7) is 8.14. The van der Waals surface area contributed by atoms with Gasteiger partial charge in [0.2, 0.25) is 0 Å². The molecule has 0 radical (unpaired) electrons. The number of nitrogens with one attached hydrogen (secondary N) is 1. The number of benzene rings is 2. The van der Waals surface area contributed by atoms with Crippen molar-refractivity contribution in [1.82, 2.24) is 24.7 Å². The minimum atomic E-state index is -0.334. The molecule has 0 unspecified atom stereocenters.